The number of nitrogens with zero attached hydrogens (tertiary/aromatic N) is 1. The van der Waals surface area contributed by atoms with E-state index in [0.717, 1.165) is 11.1 Å². The average Bonchev–Trinajstić information content (AvgIpc) is 2.76. The molecule has 0 spiro atoms. The van der Waals surface area contributed by atoms with Crippen LogP contribution in [0.2, 0.25) is 0 Å². The molecule has 0 atom stereocenters. The molecule has 0 heterocycles. The largest absolute Gasteiger partial charge is 0.348 e. The Morgan fingerprint density at radius 2 is 1.62 bits per heavy atom. The normalized spacial score (nSPS) is 10.5. The number of anilines is 2. The molecule has 0 fully saturated rings. The first-order valence-electron chi connectivity index (χ1n) is 9.83. The van der Waals surface area contributed by atoms with E-state index in [-0.39, 0.29) is 18.3 Å². The lowest BCUT2D eigenvalue weighted by atomic mass is 10.1. The average molecular weight is 430 g/mol. The first-order valence-corrected chi connectivity index (χ1v) is 9.83. The second-order valence-electron chi connectivity index (χ2n) is 7.02. The smallest absolute Gasteiger partial charge is 0.323 e. The fourth-order valence-electron chi connectivity index (χ4n) is 2.98. The highest BCUT2D eigenvalue weighted by Gasteiger charge is 2.10. The van der Waals surface area contributed by atoms with Crippen molar-refractivity contribution in [3.63, 3.8) is 0 Å². The zero-order valence-electron chi connectivity index (χ0n) is 17.4. The molecular weight excluding hydrogens is 408 g/mol. The van der Waals surface area contributed by atoms with Crippen LogP contribution in [0.25, 0.3) is 6.08 Å². The van der Waals surface area contributed by atoms with Crippen LogP contribution in [0.15, 0.2) is 78.9 Å². The standard InChI is InChI=1S/C24H22N4O4/c1-17-6-4-9-20(14-17)26-24(30)27-21-10-5-7-18(15-21)16-25-23(29)13-12-19-8-2-3-11-22(19)28(31)32/h2-15H,16H2,1H3,(H,25,29)(H2,26,27,30)/b13-12+. The lowest BCUT2D eigenvalue weighted by molar-refractivity contribution is -0.385. The number of benzene rings is 3. The van der Waals surface area contributed by atoms with Gasteiger partial charge in [-0.05, 0) is 54.5 Å². The third-order valence-corrected chi connectivity index (χ3v) is 4.48. The number of nitro groups is 1. The molecule has 0 aliphatic rings. The molecule has 3 N–H and O–H groups in total. The van der Waals surface area contributed by atoms with E-state index in [4.69, 9.17) is 0 Å². The Bertz CT molecular complexity index is 1170. The predicted octanol–water partition coefficient (Wildman–Crippen LogP) is 4.88. The lowest BCUT2D eigenvalue weighted by Crippen LogP contribution is -2.21. The van der Waals surface area contributed by atoms with Crippen LogP contribution in [0.1, 0.15) is 16.7 Å². The van der Waals surface area contributed by atoms with Crippen molar-refractivity contribution in [3.05, 3.63) is 106 Å². The zero-order chi connectivity index (χ0) is 22.9. The Labute approximate surface area is 185 Å². The predicted molar refractivity (Wildman–Crippen MR) is 124 cm³/mol. The number of amides is 3. The molecule has 162 valence electrons. The number of carbonyl (C=O) groups excluding carboxylic acids is 2. The number of carbonyl (C=O) groups is 2. The third kappa shape index (κ3) is 6.53. The van der Waals surface area contributed by atoms with Crippen molar-refractivity contribution in [1.29, 1.82) is 0 Å². The number of urea groups is 1. The molecule has 3 amide bonds. The first kappa shape index (κ1) is 22.2. The van der Waals surface area contributed by atoms with E-state index in [1.54, 1.807) is 42.5 Å². The first-order chi connectivity index (χ1) is 15.4. The Morgan fingerprint density at radius 3 is 2.34 bits per heavy atom. The van der Waals surface area contributed by atoms with Crippen molar-refractivity contribution in [2.45, 2.75) is 13.5 Å². The topological polar surface area (TPSA) is 113 Å². The molecule has 8 nitrogen and oxygen atoms in total. The summed E-state index contributed by atoms with van der Waals surface area (Å²) in [5.41, 5.74) is 3.37. The SMILES string of the molecule is Cc1cccc(NC(=O)Nc2cccc(CNC(=O)/C=C/c3ccccc3[N+](=O)[O-])c2)c1. The molecule has 0 unspecified atom stereocenters. The number of nitrogens with one attached hydrogen (secondary N) is 3. The van der Waals surface area contributed by atoms with E-state index in [1.165, 1.54) is 18.2 Å². The van der Waals surface area contributed by atoms with Crippen LogP contribution in [0.5, 0.6) is 0 Å². The minimum atomic E-state index is -0.495. The van der Waals surface area contributed by atoms with Gasteiger partial charge in [0.25, 0.3) is 5.69 Å². The molecule has 0 radical (unpaired) electrons. The van der Waals surface area contributed by atoms with Crippen LogP contribution in [-0.2, 0) is 11.3 Å². The van der Waals surface area contributed by atoms with Crippen molar-refractivity contribution < 1.29 is 14.5 Å². The summed E-state index contributed by atoms with van der Waals surface area (Å²) in [7, 11) is 0. The Hall–Kier alpha value is -4.46. The number of hydrogen-bond acceptors (Lipinski definition) is 4. The minimum Gasteiger partial charge on any atom is -0.348 e. The van der Waals surface area contributed by atoms with Gasteiger partial charge in [-0.1, -0.05) is 36.4 Å². The van der Waals surface area contributed by atoms with Crippen LogP contribution in [0.3, 0.4) is 0 Å². The van der Waals surface area contributed by atoms with Crippen LogP contribution < -0.4 is 16.0 Å². The Balaban J connectivity index is 1.55. The lowest BCUT2D eigenvalue weighted by Gasteiger charge is -2.10. The van der Waals surface area contributed by atoms with Crippen LogP contribution in [0.4, 0.5) is 21.9 Å². The molecule has 0 aliphatic carbocycles. The van der Waals surface area contributed by atoms with Gasteiger partial charge in [-0.3, -0.25) is 14.9 Å². The Kier molecular flexibility index (Phi) is 7.32. The molecule has 3 rings (SSSR count). The summed E-state index contributed by atoms with van der Waals surface area (Å²) in [5.74, 6) is -0.390. The maximum absolute atomic E-state index is 12.2. The highest BCUT2D eigenvalue weighted by Crippen LogP contribution is 2.19. The third-order valence-electron chi connectivity index (χ3n) is 4.48. The van der Waals surface area contributed by atoms with E-state index < -0.39 is 10.8 Å². The van der Waals surface area contributed by atoms with Gasteiger partial charge in [0.1, 0.15) is 0 Å². The van der Waals surface area contributed by atoms with Crippen molar-refractivity contribution in [2.75, 3.05) is 10.6 Å². The fourth-order valence-corrected chi connectivity index (χ4v) is 2.98. The molecule has 3 aromatic carbocycles. The van der Waals surface area contributed by atoms with Gasteiger partial charge in [0, 0.05) is 30.1 Å². The van der Waals surface area contributed by atoms with E-state index in [1.807, 2.05) is 31.2 Å². The maximum atomic E-state index is 12.2. The van der Waals surface area contributed by atoms with Gasteiger partial charge in [0.2, 0.25) is 5.91 Å². The van der Waals surface area contributed by atoms with Crippen LogP contribution in [-0.4, -0.2) is 16.9 Å². The van der Waals surface area contributed by atoms with Crippen molar-refractivity contribution in [2.24, 2.45) is 0 Å². The summed E-state index contributed by atoms with van der Waals surface area (Å²) in [6.45, 7) is 2.17. The molecule has 3 aromatic rings. The second kappa shape index (κ2) is 10.5. The molecule has 0 aliphatic heterocycles. The summed E-state index contributed by atoms with van der Waals surface area (Å²) in [4.78, 5) is 34.9. The molecule has 0 saturated heterocycles. The highest BCUT2D eigenvalue weighted by atomic mass is 16.6. The van der Waals surface area contributed by atoms with E-state index >= 15 is 0 Å². The van der Waals surface area contributed by atoms with Crippen molar-refractivity contribution in [1.82, 2.24) is 5.32 Å². The van der Waals surface area contributed by atoms with Crippen LogP contribution in [0, 0.1) is 17.0 Å². The Morgan fingerprint density at radius 1 is 0.938 bits per heavy atom. The maximum Gasteiger partial charge on any atom is 0.323 e. The van der Waals surface area contributed by atoms with Crippen molar-refractivity contribution >= 4 is 35.1 Å². The van der Waals surface area contributed by atoms with Gasteiger partial charge >= 0.3 is 6.03 Å². The van der Waals surface area contributed by atoms with Crippen LogP contribution >= 0.6 is 0 Å². The van der Waals surface area contributed by atoms with Gasteiger partial charge in [-0.15, -0.1) is 0 Å². The number of nitro benzene ring substituents is 1. The molecule has 32 heavy (non-hydrogen) atoms. The minimum absolute atomic E-state index is 0.0701. The molecule has 0 bridgehead atoms. The van der Waals surface area contributed by atoms with Gasteiger partial charge in [0.15, 0.2) is 0 Å². The molecular formula is C24H22N4O4. The molecule has 8 heteroatoms. The zero-order valence-corrected chi connectivity index (χ0v) is 17.4. The summed E-state index contributed by atoms with van der Waals surface area (Å²) < 4.78 is 0. The van der Waals surface area contributed by atoms with E-state index in [0.29, 0.717) is 16.9 Å². The van der Waals surface area contributed by atoms with E-state index in [9.17, 15) is 19.7 Å². The fraction of sp³-hybridized carbons (Fsp3) is 0.0833. The number of hydrogen-bond donors (Lipinski definition) is 3. The van der Waals surface area contributed by atoms with Gasteiger partial charge in [-0.2, -0.15) is 0 Å². The van der Waals surface area contributed by atoms with Gasteiger partial charge < -0.3 is 16.0 Å². The summed E-state index contributed by atoms with van der Waals surface area (Å²) >= 11 is 0. The quantitative estimate of drug-likeness (QED) is 0.282. The summed E-state index contributed by atoms with van der Waals surface area (Å²) in [6, 6.07) is 20.4. The monoisotopic (exact) mass is 430 g/mol. The summed E-state index contributed by atoms with van der Waals surface area (Å²) in [6.07, 6.45) is 2.65. The van der Waals surface area contributed by atoms with Gasteiger partial charge in [0.05, 0.1) is 10.5 Å². The highest BCUT2D eigenvalue weighted by molar-refractivity contribution is 5.99. The summed E-state index contributed by atoms with van der Waals surface area (Å²) in [5, 5.41) is 19.3. The van der Waals surface area contributed by atoms with Crippen molar-refractivity contribution in [3.8, 4) is 0 Å². The number of rotatable bonds is 7. The van der Waals surface area contributed by atoms with E-state index in [2.05, 4.69) is 16.0 Å². The number of aryl methyl sites for hydroxylation is 1. The van der Waals surface area contributed by atoms with Gasteiger partial charge in [-0.25, -0.2) is 4.79 Å². The molecule has 0 aromatic heterocycles. The number of para-hydroxylation sites is 1. The molecule has 0 saturated carbocycles. The second-order valence-corrected chi connectivity index (χ2v) is 7.02.